The molecular formula is C10H17F2N3O. The fourth-order valence-electron chi connectivity index (χ4n) is 0.923. The van der Waals surface area contributed by atoms with Crippen LogP contribution >= 0.6 is 0 Å². The Morgan fingerprint density at radius 1 is 1.56 bits per heavy atom. The van der Waals surface area contributed by atoms with Gasteiger partial charge in [-0.15, -0.1) is 0 Å². The van der Waals surface area contributed by atoms with E-state index in [4.69, 9.17) is 0 Å². The summed E-state index contributed by atoms with van der Waals surface area (Å²) in [5, 5.41) is 5.87. The van der Waals surface area contributed by atoms with Gasteiger partial charge in [-0.05, 0) is 6.07 Å². The Kier molecular flexibility index (Phi) is 5.63. The van der Waals surface area contributed by atoms with Crippen LogP contribution in [0.5, 0.6) is 0 Å². The maximum atomic E-state index is 12.4. The molecule has 0 aliphatic rings. The smallest absolute Gasteiger partial charge is 0.269 e. The van der Waals surface area contributed by atoms with Gasteiger partial charge >= 0.3 is 0 Å². The molecule has 1 amide bonds. The van der Waals surface area contributed by atoms with E-state index in [-0.39, 0.29) is 5.69 Å². The van der Waals surface area contributed by atoms with Crippen molar-refractivity contribution in [3.8, 4) is 0 Å². The van der Waals surface area contributed by atoms with Crippen molar-refractivity contribution >= 4 is 5.91 Å². The Bertz CT molecular complexity index is 331. The van der Waals surface area contributed by atoms with Crippen LogP contribution in [0.15, 0.2) is 12.3 Å². The van der Waals surface area contributed by atoms with E-state index in [1.165, 1.54) is 16.9 Å². The van der Waals surface area contributed by atoms with Crippen molar-refractivity contribution in [1.29, 1.82) is 0 Å². The fraction of sp³-hybridized carbons (Fsp3) is 0.600. The number of hydrogen-bond donors (Lipinski definition) is 1. The van der Waals surface area contributed by atoms with Crippen molar-refractivity contribution < 1.29 is 13.6 Å². The quantitative estimate of drug-likeness (QED) is 0.865. The lowest BCUT2D eigenvalue weighted by molar-refractivity contribution is 0.0219. The first-order valence-electron chi connectivity index (χ1n) is 5.04. The van der Waals surface area contributed by atoms with Gasteiger partial charge in [-0.2, -0.15) is 5.10 Å². The summed E-state index contributed by atoms with van der Waals surface area (Å²) in [7, 11) is 1.57. The topological polar surface area (TPSA) is 46.9 Å². The van der Waals surface area contributed by atoms with Crippen LogP contribution in [0.1, 0.15) is 31.3 Å². The fourth-order valence-corrected chi connectivity index (χ4v) is 0.923. The highest BCUT2D eigenvalue weighted by atomic mass is 19.3. The summed E-state index contributed by atoms with van der Waals surface area (Å²) in [6, 6.07) is 1.46. The number of nitrogens with zero attached hydrogens (tertiary/aromatic N) is 2. The molecular weight excluding hydrogens is 216 g/mol. The zero-order valence-corrected chi connectivity index (χ0v) is 9.92. The number of carbonyl (C=O) groups excluding carboxylic acids is 1. The van der Waals surface area contributed by atoms with Crippen molar-refractivity contribution in [1.82, 2.24) is 15.1 Å². The SMILES string of the molecule is CC.Cn1nccc1C(=O)NCC(C)(F)F. The van der Waals surface area contributed by atoms with Crippen LogP contribution < -0.4 is 5.32 Å². The summed E-state index contributed by atoms with van der Waals surface area (Å²) < 4.78 is 26.1. The molecule has 0 saturated carbocycles. The molecule has 0 aliphatic carbocycles. The van der Waals surface area contributed by atoms with Crippen molar-refractivity contribution in [2.24, 2.45) is 7.05 Å². The van der Waals surface area contributed by atoms with Gasteiger partial charge in [0.25, 0.3) is 11.8 Å². The maximum Gasteiger partial charge on any atom is 0.269 e. The maximum absolute atomic E-state index is 12.4. The zero-order valence-electron chi connectivity index (χ0n) is 9.92. The van der Waals surface area contributed by atoms with Gasteiger partial charge in [-0.25, -0.2) is 8.78 Å². The molecule has 0 aliphatic heterocycles. The Hall–Kier alpha value is -1.46. The number of aromatic nitrogens is 2. The average Bonchev–Trinajstić information content (AvgIpc) is 2.63. The molecule has 0 unspecified atom stereocenters. The number of halogens is 2. The van der Waals surface area contributed by atoms with Crippen LogP contribution in [0.2, 0.25) is 0 Å². The second-order valence-electron chi connectivity index (χ2n) is 3.09. The molecule has 0 bridgehead atoms. The number of hydrogen-bond acceptors (Lipinski definition) is 2. The Morgan fingerprint density at radius 3 is 2.50 bits per heavy atom. The summed E-state index contributed by atoms with van der Waals surface area (Å²) in [5.41, 5.74) is 0.259. The van der Waals surface area contributed by atoms with Crippen molar-refractivity contribution in [2.75, 3.05) is 6.54 Å². The minimum Gasteiger partial charge on any atom is -0.345 e. The monoisotopic (exact) mass is 233 g/mol. The van der Waals surface area contributed by atoms with E-state index >= 15 is 0 Å². The minimum atomic E-state index is -2.89. The highest BCUT2D eigenvalue weighted by Crippen LogP contribution is 2.09. The van der Waals surface area contributed by atoms with Gasteiger partial charge < -0.3 is 5.32 Å². The Morgan fingerprint density at radius 2 is 2.12 bits per heavy atom. The Balaban J connectivity index is 0.00000106. The predicted molar refractivity (Wildman–Crippen MR) is 57.5 cm³/mol. The molecule has 4 nitrogen and oxygen atoms in total. The van der Waals surface area contributed by atoms with Gasteiger partial charge in [0.05, 0.1) is 6.54 Å². The van der Waals surface area contributed by atoms with Gasteiger partial charge in [0.1, 0.15) is 5.69 Å². The van der Waals surface area contributed by atoms with Crippen LogP contribution in [0.3, 0.4) is 0 Å². The first-order valence-corrected chi connectivity index (χ1v) is 5.04. The molecule has 1 N–H and O–H groups in total. The molecule has 1 rings (SSSR count). The van der Waals surface area contributed by atoms with Gasteiger partial charge in [0, 0.05) is 20.2 Å². The number of rotatable bonds is 3. The van der Waals surface area contributed by atoms with Gasteiger partial charge in [-0.1, -0.05) is 13.8 Å². The highest BCUT2D eigenvalue weighted by molar-refractivity contribution is 5.92. The first-order chi connectivity index (χ1) is 7.40. The van der Waals surface area contributed by atoms with Crippen LogP contribution in [0.25, 0.3) is 0 Å². The molecule has 0 atom stereocenters. The lowest BCUT2D eigenvalue weighted by Crippen LogP contribution is -2.35. The highest BCUT2D eigenvalue weighted by Gasteiger charge is 2.22. The minimum absolute atomic E-state index is 0.259. The third-order valence-corrected chi connectivity index (χ3v) is 1.61. The molecule has 0 saturated heterocycles. The summed E-state index contributed by atoms with van der Waals surface area (Å²) in [5.74, 6) is -3.44. The molecule has 0 spiro atoms. The normalized spacial score (nSPS) is 10.4. The number of aryl methyl sites for hydroxylation is 1. The molecule has 0 radical (unpaired) electrons. The average molecular weight is 233 g/mol. The van der Waals surface area contributed by atoms with Crippen LogP contribution in [-0.2, 0) is 7.05 Å². The van der Waals surface area contributed by atoms with E-state index in [1.807, 2.05) is 13.8 Å². The lowest BCUT2D eigenvalue weighted by atomic mass is 10.3. The molecule has 16 heavy (non-hydrogen) atoms. The van der Waals surface area contributed by atoms with Gasteiger partial charge in [-0.3, -0.25) is 9.48 Å². The number of alkyl halides is 2. The van der Waals surface area contributed by atoms with E-state index in [0.29, 0.717) is 0 Å². The Labute approximate surface area is 93.6 Å². The molecule has 1 aromatic rings. The second kappa shape index (κ2) is 6.19. The lowest BCUT2D eigenvalue weighted by Gasteiger charge is -2.11. The predicted octanol–water partition coefficient (Wildman–Crippen LogP) is 1.83. The molecule has 0 aromatic carbocycles. The van der Waals surface area contributed by atoms with E-state index in [0.717, 1.165) is 6.92 Å². The van der Waals surface area contributed by atoms with Gasteiger partial charge in [0.15, 0.2) is 0 Å². The number of amides is 1. The molecule has 0 fully saturated rings. The van der Waals surface area contributed by atoms with Gasteiger partial charge in [0.2, 0.25) is 0 Å². The van der Waals surface area contributed by atoms with Crippen LogP contribution in [-0.4, -0.2) is 28.2 Å². The largest absolute Gasteiger partial charge is 0.345 e. The van der Waals surface area contributed by atoms with E-state index < -0.39 is 18.4 Å². The summed E-state index contributed by atoms with van der Waals surface area (Å²) in [6.07, 6.45) is 1.43. The molecule has 1 aromatic heterocycles. The van der Waals surface area contributed by atoms with E-state index in [1.54, 1.807) is 7.05 Å². The van der Waals surface area contributed by atoms with Crippen molar-refractivity contribution in [2.45, 2.75) is 26.7 Å². The first kappa shape index (κ1) is 14.5. The van der Waals surface area contributed by atoms with E-state index in [9.17, 15) is 13.6 Å². The second-order valence-corrected chi connectivity index (χ2v) is 3.09. The zero-order chi connectivity index (χ0) is 12.8. The van der Waals surface area contributed by atoms with Crippen molar-refractivity contribution in [3.63, 3.8) is 0 Å². The van der Waals surface area contributed by atoms with Crippen LogP contribution in [0, 0.1) is 0 Å². The third-order valence-electron chi connectivity index (χ3n) is 1.61. The molecule has 92 valence electrons. The summed E-state index contributed by atoms with van der Waals surface area (Å²) in [4.78, 5) is 11.3. The number of carbonyl (C=O) groups is 1. The van der Waals surface area contributed by atoms with E-state index in [2.05, 4.69) is 10.4 Å². The summed E-state index contributed by atoms with van der Waals surface area (Å²) in [6.45, 7) is 4.08. The van der Waals surface area contributed by atoms with Crippen molar-refractivity contribution in [3.05, 3.63) is 18.0 Å². The summed E-state index contributed by atoms with van der Waals surface area (Å²) >= 11 is 0. The number of nitrogens with one attached hydrogen (secondary N) is 1. The molecule has 6 heteroatoms. The standard InChI is InChI=1S/C8H11F2N3O.C2H6/c1-8(9,10)5-11-7(14)6-3-4-12-13(6)2;1-2/h3-4H,5H2,1-2H3,(H,11,14);1-2H3. The van der Waals surface area contributed by atoms with Crippen LogP contribution in [0.4, 0.5) is 8.78 Å². The molecule has 1 heterocycles. The third kappa shape index (κ3) is 4.86.